The Hall–Kier alpha value is -3.47. The maximum atomic E-state index is 13.0. The molecule has 1 heterocycles. The third-order valence-corrected chi connectivity index (χ3v) is 7.47. The number of hydrogen-bond donors (Lipinski definition) is 0. The van der Waals surface area contributed by atoms with Crippen molar-refractivity contribution < 1.29 is 27.7 Å². The van der Waals surface area contributed by atoms with Crippen LogP contribution in [-0.4, -0.2) is 68.7 Å². The Bertz CT molecular complexity index is 1220. The van der Waals surface area contributed by atoms with Gasteiger partial charge in [-0.05, 0) is 50.1 Å². The summed E-state index contributed by atoms with van der Waals surface area (Å²) in [5, 5.41) is 11.6. The van der Waals surface area contributed by atoms with E-state index in [1.807, 2.05) is 25.1 Å². The summed E-state index contributed by atoms with van der Waals surface area (Å²) >= 11 is 0. The molecule has 0 unspecified atom stereocenters. The highest BCUT2D eigenvalue weighted by atomic mass is 32.2. The van der Waals surface area contributed by atoms with Gasteiger partial charge in [-0.2, -0.15) is 0 Å². The maximum absolute atomic E-state index is 13.0. The Labute approximate surface area is 198 Å². The van der Waals surface area contributed by atoms with E-state index in [1.165, 1.54) is 24.1 Å². The van der Waals surface area contributed by atoms with Crippen LogP contribution in [0.3, 0.4) is 0 Å². The van der Waals surface area contributed by atoms with Crippen molar-refractivity contribution in [3.05, 3.63) is 63.2 Å². The van der Waals surface area contributed by atoms with E-state index in [-0.39, 0.29) is 12.2 Å². The van der Waals surface area contributed by atoms with Crippen LogP contribution in [0.15, 0.2) is 41.3 Å². The van der Waals surface area contributed by atoms with Crippen molar-refractivity contribution in [2.24, 2.45) is 0 Å². The highest BCUT2D eigenvalue weighted by Gasteiger charge is 2.31. The Kier molecular flexibility index (Phi) is 7.55. The average Bonchev–Trinajstić information content (AvgIpc) is 2.80. The summed E-state index contributed by atoms with van der Waals surface area (Å²) in [5.41, 5.74) is 2.74. The second kappa shape index (κ2) is 10.2. The number of rotatable bonds is 7. The van der Waals surface area contributed by atoms with Crippen LogP contribution in [0, 0.1) is 24.0 Å². The lowest BCUT2D eigenvalue weighted by Crippen LogP contribution is -2.49. The molecular weight excluding hydrogens is 462 g/mol. The lowest BCUT2D eigenvalue weighted by Gasteiger charge is -2.37. The topological polar surface area (TPSA) is 127 Å². The molecule has 0 radical (unpaired) electrons. The van der Waals surface area contributed by atoms with Gasteiger partial charge >= 0.3 is 5.97 Å². The first kappa shape index (κ1) is 25.2. The monoisotopic (exact) mass is 489 g/mol. The summed E-state index contributed by atoms with van der Waals surface area (Å²) in [7, 11) is -4.32. The molecule has 182 valence electrons. The third-order valence-electron chi connectivity index (χ3n) is 5.83. The van der Waals surface area contributed by atoms with Crippen molar-refractivity contribution in [3.8, 4) is 0 Å². The number of esters is 1. The Morgan fingerprint density at radius 1 is 1.09 bits per heavy atom. The average molecular weight is 490 g/mol. The van der Waals surface area contributed by atoms with Gasteiger partial charge in [0.1, 0.15) is 4.90 Å². The van der Waals surface area contributed by atoms with E-state index in [0.29, 0.717) is 26.2 Å². The molecule has 34 heavy (non-hydrogen) atoms. The van der Waals surface area contributed by atoms with Crippen LogP contribution in [0.25, 0.3) is 0 Å². The van der Waals surface area contributed by atoms with Crippen LogP contribution in [0.2, 0.25) is 0 Å². The quantitative estimate of drug-likeness (QED) is 0.330. The fraction of sp³-hybridized carbons (Fsp3) is 0.391. The Morgan fingerprint density at radius 3 is 2.38 bits per heavy atom. The molecule has 0 N–H and O–H groups in total. The van der Waals surface area contributed by atoms with E-state index < -0.39 is 43.0 Å². The molecule has 11 heteroatoms. The number of ether oxygens (including phenoxy) is 1. The van der Waals surface area contributed by atoms with E-state index in [9.17, 15) is 28.1 Å². The van der Waals surface area contributed by atoms with Crippen molar-refractivity contribution in [2.45, 2.75) is 25.7 Å². The van der Waals surface area contributed by atoms with Gasteiger partial charge in [-0.3, -0.25) is 19.7 Å². The number of nitrogens with zero attached hydrogens (tertiary/aromatic N) is 3. The molecule has 0 spiro atoms. The van der Waals surface area contributed by atoms with E-state index >= 15 is 0 Å². The predicted octanol–water partition coefficient (Wildman–Crippen LogP) is 2.51. The highest BCUT2D eigenvalue weighted by molar-refractivity contribution is 7.92. The van der Waals surface area contributed by atoms with Gasteiger partial charge in [0, 0.05) is 43.5 Å². The molecule has 0 aliphatic carbocycles. The van der Waals surface area contributed by atoms with Crippen LogP contribution in [0.4, 0.5) is 11.4 Å². The number of nitro benzene ring substituents is 1. The number of aryl methyl sites for hydroxylation is 1. The van der Waals surface area contributed by atoms with Gasteiger partial charge in [-0.15, -0.1) is 0 Å². The number of carbonyl (C=O) groups is 2. The molecule has 1 saturated heterocycles. The van der Waals surface area contributed by atoms with Crippen LogP contribution < -0.4 is 4.90 Å². The molecule has 3 rings (SSSR count). The van der Waals surface area contributed by atoms with Gasteiger partial charge < -0.3 is 14.5 Å². The van der Waals surface area contributed by atoms with Gasteiger partial charge in [0.2, 0.25) is 0 Å². The number of anilines is 1. The number of hydrogen-bond acceptors (Lipinski definition) is 8. The number of piperazine rings is 1. The van der Waals surface area contributed by atoms with Gasteiger partial charge in [-0.1, -0.05) is 12.1 Å². The summed E-state index contributed by atoms with van der Waals surface area (Å²) in [6.07, 6.45) is 0. The van der Waals surface area contributed by atoms with Crippen LogP contribution in [0.5, 0.6) is 0 Å². The molecule has 1 fully saturated rings. The van der Waals surface area contributed by atoms with Crippen molar-refractivity contribution in [1.82, 2.24) is 4.90 Å². The lowest BCUT2D eigenvalue weighted by atomic mass is 10.1. The minimum Gasteiger partial charge on any atom is -0.465 e. The Balaban J connectivity index is 1.78. The van der Waals surface area contributed by atoms with Crippen LogP contribution >= 0.6 is 0 Å². The number of carbonyl (C=O) groups excluding carboxylic acids is 2. The minimum absolute atomic E-state index is 0.0133. The first-order chi connectivity index (χ1) is 16.0. The fourth-order valence-corrected chi connectivity index (χ4v) is 5.18. The SMILES string of the molecule is CCOC(=O)CS(=O)(=O)c1ccc(C(=O)N2CCN(c3cccc(C)c3C)CC2)cc1[N+](=O)[O-]. The largest absolute Gasteiger partial charge is 0.465 e. The van der Waals surface area contributed by atoms with Gasteiger partial charge in [-0.25, -0.2) is 8.42 Å². The summed E-state index contributed by atoms with van der Waals surface area (Å²) < 4.78 is 29.7. The van der Waals surface area contributed by atoms with Crippen LogP contribution in [-0.2, 0) is 19.4 Å². The molecule has 0 bridgehead atoms. The fourth-order valence-electron chi connectivity index (χ4n) is 3.90. The second-order valence-corrected chi connectivity index (χ2v) is 9.96. The van der Waals surface area contributed by atoms with Crippen molar-refractivity contribution in [3.63, 3.8) is 0 Å². The number of sulfone groups is 1. The molecule has 0 atom stereocenters. The third kappa shape index (κ3) is 5.36. The van der Waals surface area contributed by atoms with Gasteiger partial charge in [0.15, 0.2) is 15.6 Å². The van der Waals surface area contributed by atoms with Crippen molar-refractivity contribution in [2.75, 3.05) is 43.4 Å². The summed E-state index contributed by atoms with van der Waals surface area (Å²) in [4.78, 5) is 38.5. The molecular formula is C23H27N3O7S. The summed E-state index contributed by atoms with van der Waals surface area (Å²) in [5.74, 6) is -2.44. The molecule has 1 aliphatic heterocycles. The molecule has 2 aromatic carbocycles. The van der Waals surface area contributed by atoms with Gasteiger partial charge in [0.05, 0.1) is 11.5 Å². The van der Waals surface area contributed by atoms with E-state index in [4.69, 9.17) is 0 Å². The summed E-state index contributed by atoms with van der Waals surface area (Å²) in [6, 6.07) is 9.28. The molecule has 0 saturated carbocycles. The highest BCUT2D eigenvalue weighted by Crippen LogP contribution is 2.28. The van der Waals surface area contributed by atoms with Crippen molar-refractivity contribution >= 4 is 33.1 Å². The predicted molar refractivity (Wildman–Crippen MR) is 126 cm³/mol. The molecule has 0 aromatic heterocycles. The zero-order valence-corrected chi connectivity index (χ0v) is 20.1. The second-order valence-electron chi connectivity index (χ2n) is 8.00. The number of amides is 1. The molecule has 2 aromatic rings. The molecule has 1 aliphatic rings. The Morgan fingerprint density at radius 2 is 1.76 bits per heavy atom. The first-order valence-electron chi connectivity index (χ1n) is 10.8. The zero-order valence-electron chi connectivity index (χ0n) is 19.3. The molecule has 1 amide bonds. The van der Waals surface area contributed by atoms with Gasteiger partial charge in [0.25, 0.3) is 11.6 Å². The van der Waals surface area contributed by atoms with E-state index in [0.717, 1.165) is 17.8 Å². The maximum Gasteiger partial charge on any atom is 0.321 e. The normalized spacial score (nSPS) is 14.1. The number of nitro groups is 1. The molecule has 10 nitrogen and oxygen atoms in total. The summed E-state index contributed by atoms with van der Waals surface area (Å²) in [6.45, 7) is 7.65. The minimum atomic E-state index is -4.32. The zero-order chi connectivity index (χ0) is 25.0. The standard InChI is InChI=1S/C23H27N3O7S/c1-4-33-22(27)15-34(31,32)21-9-8-18(14-20(21)26(29)30)23(28)25-12-10-24(11-13-25)19-7-5-6-16(2)17(19)3/h5-9,14H,4,10-13,15H2,1-3H3. The van der Waals surface area contributed by atoms with Crippen molar-refractivity contribution in [1.29, 1.82) is 0 Å². The number of benzene rings is 2. The lowest BCUT2D eigenvalue weighted by molar-refractivity contribution is -0.387. The van der Waals surface area contributed by atoms with E-state index in [2.05, 4.69) is 16.6 Å². The smallest absolute Gasteiger partial charge is 0.321 e. The van der Waals surface area contributed by atoms with Crippen LogP contribution in [0.1, 0.15) is 28.4 Å². The first-order valence-corrected chi connectivity index (χ1v) is 12.5. The van der Waals surface area contributed by atoms with E-state index in [1.54, 1.807) is 4.90 Å².